The van der Waals surface area contributed by atoms with E-state index >= 15 is 0 Å². The zero-order valence-corrected chi connectivity index (χ0v) is 23.0. The number of nitrogens with one attached hydrogen (secondary N) is 1. The maximum absolute atomic E-state index is 12.8. The van der Waals surface area contributed by atoms with Crippen LogP contribution < -0.4 is 14.9 Å². The Morgan fingerprint density at radius 2 is 1.90 bits per heavy atom. The minimum Gasteiger partial charge on any atom is -0.566 e. The van der Waals surface area contributed by atoms with Crippen molar-refractivity contribution < 1.29 is 54.4 Å². The largest absolute Gasteiger partial charge is 0.566 e. The number of allylic oxidation sites excluding steroid dienone is 1. The van der Waals surface area contributed by atoms with Crippen molar-refractivity contribution in [3.8, 4) is 11.5 Å². The molecule has 0 aromatic heterocycles. The molecule has 7 atom stereocenters. The first kappa shape index (κ1) is 29.2. The summed E-state index contributed by atoms with van der Waals surface area (Å²) in [5.41, 5.74) is 1.85. The molecule has 1 aliphatic heterocycles. The van der Waals surface area contributed by atoms with Gasteiger partial charge in [0, 0.05) is 23.8 Å². The Morgan fingerprint density at radius 1 is 1.15 bits per heavy atom. The fourth-order valence-electron chi connectivity index (χ4n) is 7.18. The number of unbranched alkanes of at least 4 members (excludes halogenated alkanes) is 2. The second kappa shape index (κ2) is 12.3. The van der Waals surface area contributed by atoms with E-state index in [1.165, 1.54) is 5.56 Å². The summed E-state index contributed by atoms with van der Waals surface area (Å²) in [4.78, 5) is 44.8. The minimum atomic E-state index is -1.34. The van der Waals surface area contributed by atoms with E-state index in [1.54, 1.807) is 6.07 Å². The third-order valence-electron chi connectivity index (χ3n) is 8.96. The van der Waals surface area contributed by atoms with Crippen LogP contribution in [0, 0.1) is 27.9 Å². The van der Waals surface area contributed by atoms with Crippen molar-refractivity contribution >= 4 is 11.9 Å². The van der Waals surface area contributed by atoms with E-state index < -0.39 is 34.6 Å². The summed E-state index contributed by atoms with van der Waals surface area (Å²) >= 11 is 0. The van der Waals surface area contributed by atoms with E-state index in [0.717, 1.165) is 24.8 Å². The van der Waals surface area contributed by atoms with E-state index in [4.69, 9.17) is 24.6 Å². The van der Waals surface area contributed by atoms with Crippen LogP contribution in [-0.4, -0.2) is 52.9 Å². The second-order valence-electron chi connectivity index (χ2n) is 11.3. The molecule has 1 spiro atoms. The Morgan fingerprint density at radius 3 is 2.66 bits per heavy atom. The lowest BCUT2D eigenvalue weighted by Crippen LogP contribution is -3.03. The third-order valence-corrected chi connectivity index (χ3v) is 8.96. The number of nitrogens with zero attached hydrogens (tertiary/aromatic N) is 1. The number of ether oxygens (including phenoxy) is 3. The van der Waals surface area contributed by atoms with Gasteiger partial charge in [0.05, 0.1) is 0 Å². The Bertz CT molecular complexity index is 1190. The predicted octanol–water partition coefficient (Wildman–Crippen LogP) is 2.43. The molecule has 3 N–H and O–H groups in total. The molecule has 1 saturated carbocycles. The molecule has 3 aliphatic carbocycles. The van der Waals surface area contributed by atoms with Crippen molar-refractivity contribution in [2.75, 3.05) is 13.2 Å². The van der Waals surface area contributed by atoms with Gasteiger partial charge in [-0.05, 0) is 80.4 Å². The van der Waals surface area contributed by atoms with Gasteiger partial charge in [-0.15, -0.1) is 0 Å². The number of hydrogen-bond acceptors (Lipinski definition) is 10. The first-order chi connectivity index (χ1) is 19.7. The maximum Gasteiger partial charge on any atom is 0.475 e. The number of carbonyl (C=O) groups is 2. The van der Waals surface area contributed by atoms with Crippen molar-refractivity contribution in [2.45, 2.75) is 82.3 Å². The van der Waals surface area contributed by atoms with Gasteiger partial charge in [0.15, 0.2) is 24.2 Å². The van der Waals surface area contributed by atoms with Gasteiger partial charge in [0.25, 0.3) is 0 Å². The fourth-order valence-corrected chi connectivity index (χ4v) is 7.18. The Balaban J connectivity index is 1.31. The maximum atomic E-state index is 12.8. The summed E-state index contributed by atoms with van der Waals surface area (Å²) in [5.74, 6) is 1.22. The van der Waals surface area contributed by atoms with Crippen LogP contribution in [0.1, 0.15) is 69.4 Å². The summed E-state index contributed by atoms with van der Waals surface area (Å²) in [7, 11) is 0. The number of rotatable bonds is 14. The average molecular weight is 578 g/mol. The number of carbonyl (C=O) groups excluding carboxylic acids is 2. The average Bonchev–Trinajstić information content (AvgIpc) is 3.27. The number of quaternary nitrogens is 1. The van der Waals surface area contributed by atoms with E-state index in [2.05, 4.69) is 22.7 Å². The second-order valence-corrected chi connectivity index (χ2v) is 11.3. The zero-order valence-electron chi connectivity index (χ0n) is 23.0. The van der Waals surface area contributed by atoms with Crippen molar-refractivity contribution in [1.29, 1.82) is 0 Å². The van der Waals surface area contributed by atoms with Crippen LogP contribution in [0.15, 0.2) is 24.3 Å². The van der Waals surface area contributed by atoms with Crippen LogP contribution in [0.25, 0.3) is 0 Å². The highest BCUT2D eigenvalue weighted by atomic mass is 17.1. The summed E-state index contributed by atoms with van der Waals surface area (Å²) in [6.45, 7) is 2.30. The smallest absolute Gasteiger partial charge is 0.475 e. The van der Waals surface area contributed by atoms with Crippen LogP contribution in [-0.2, 0) is 35.8 Å². The van der Waals surface area contributed by atoms with Gasteiger partial charge in [-0.25, -0.2) is 5.21 Å². The third kappa shape index (κ3) is 5.89. The van der Waals surface area contributed by atoms with Crippen LogP contribution in [0.3, 0.4) is 0 Å². The van der Waals surface area contributed by atoms with Gasteiger partial charge in [0.1, 0.15) is 17.6 Å². The van der Waals surface area contributed by atoms with E-state index in [1.807, 2.05) is 12.1 Å². The molecule has 0 amide bonds. The summed E-state index contributed by atoms with van der Waals surface area (Å²) in [5, 5.41) is 25.6. The number of benzene rings is 1. The topological polar surface area (TPSA) is 168 Å². The summed E-state index contributed by atoms with van der Waals surface area (Å²) in [6, 6.07) is 3.80. The van der Waals surface area contributed by atoms with Gasteiger partial charge in [-0.2, -0.15) is 14.9 Å². The Hall–Kier alpha value is -3.26. The van der Waals surface area contributed by atoms with Gasteiger partial charge in [-0.1, -0.05) is 24.5 Å². The monoisotopic (exact) mass is 577 g/mol. The molecule has 1 heterocycles. The molecule has 2 bridgehead atoms. The normalized spacial score (nSPS) is 29.2. The molecule has 13 heteroatoms. The Kier molecular flexibility index (Phi) is 8.78. The van der Waals surface area contributed by atoms with Crippen LogP contribution >= 0.6 is 0 Å². The van der Waals surface area contributed by atoms with Crippen molar-refractivity contribution in [2.24, 2.45) is 17.8 Å². The molecule has 0 saturated heterocycles. The highest BCUT2D eigenvalue weighted by Crippen LogP contribution is 2.65. The SMILES string of the molecule is C[C@@H]1CC[C@]23c4c5ccc(OC(=O)CCCCO[NH+]([O-])O)c4O[C@H]2[C@@H](OC(=O)CCCCO[N+](=O)O)C=CC3[C@H]1C5. The number of hydrogen-bond donors (Lipinski definition) is 3. The van der Waals surface area contributed by atoms with Gasteiger partial charge < -0.3 is 19.4 Å². The predicted molar refractivity (Wildman–Crippen MR) is 137 cm³/mol. The summed E-state index contributed by atoms with van der Waals surface area (Å²) in [6.07, 6.45) is 7.71. The molecular formula is C28H37N2O11+. The van der Waals surface area contributed by atoms with Gasteiger partial charge in [-0.3, -0.25) is 9.59 Å². The number of esters is 2. The molecule has 0 radical (unpaired) electrons. The molecule has 5 rings (SSSR count). The molecule has 41 heavy (non-hydrogen) atoms. The highest BCUT2D eigenvalue weighted by molar-refractivity contribution is 5.75. The lowest BCUT2D eigenvalue weighted by molar-refractivity contribution is -1.21. The molecule has 1 aromatic rings. The quantitative estimate of drug-likeness (QED) is 0.0976. The zero-order chi connectivity index (χ0) is 29.1. The molecule has 224 valence electrons. The molecule has 1 fully saturated rings. The molecule has 4 aliphatic rings. The first-order valence-electron chi connectivity index (χ1n) is 14.3. The van der Waals surface area contributed by atoms with Crippen molar-refractivity contribution in [3.05, 3.63) is 45.5 Å². The first-order valence-corrected chi connectivity index (χ1v) is 14.3. The lowest BCUT2D eigenvalue weighted by Gasteiger charge is -2.55. The molecule has 1 aromatic carbocycles. The molecule has 2 unspecified atom stereocenters. The van der Waals surface area contributed by atoms with E-state index in [-0.39, 0.29) is 37.4 Å². The van der Waals surface area contributed by atoms with Gasteiger partial charge >= 0.3 is 17.0 Å². The highest BCUT2D eigenvalue weighted by Gasteiger charge is 2.65. The van der Waals surface area contributed by atoms with Gasteiger partial charge in [0.2, 0.25) is 0 Å². The van der Waals surface area contributed by atoms with Crippen LogP contribution in [0.2, 0.25) is 0 Å². The van der Waals surface area contributed by atoms with Crippen LogP contribution in [0.4, 0.5) is 0 Å². The molecular weight excluding hydrogens is 540 g/mol. The van der Waals surface area contributed by atoms with Crippen molar-refractivity contribution in [1.82, 2.24) is 0 Å². The van der Waals surface area contributed by atoms with E-state index in [0.29, 0.717) is 49.0 Å². The van der Waals surface area contributed by atoms with Crippen molar-refractivity contribution in [3.63, 3.8) is 0 Å². The molecule has 13 nitrogen and oxygen atoms in total. The fraction of sp³-hybridized carbons (Fsp3) is 0.643. The minimum absolute atomic E-state index is 0.0115. The summed E-state index contributed by atoms with van der Waals surface area (Å²) < 4.78 is 18.3. The van der Waals surface area contributed by atoms with E-state index in [9.17, 15) is 19.7 Å². The Labute approximate surface area is 236 Å². The standard InChI is InChI=1S/C28H37N2O11/c1-17-12-13-28-20-9-11-22(40-24(32)7-3-5-15-38-30(35)36)27(28)41-26-21(10-8-18(25(26)28)16-19(17)20)39-23(31)6-2-4-14-37-29(33)34/h8-11,17,19-20,22,27,29,33H,2-7,12-16H2,1H3,(H,35,36)/q+1/t17-,19+,20?,22+,27+,28+/m1/s1. The lowest BCUT2D eigenvalue weighted by atomic mass is 9.48. The van der Waals surface area contributed by atoms with Crippen LogP contribution in [0.5, 0.6) is 11.5 Å².